The monoisotopic (exact) mass is 387 g/mol. The van der Waals surface area contributed by atoms with E-state index < -0.39 is 0 Å². The maximum atomic E-state index is 12.0. The summed E-state index contributed by atoms with van der Waals surface area (Å²) in [6, 6.07) is 12.7. The number of carbonyl (C=O) groups excluding carboxylic acids is 1. The molecule has 0 aliphatic carbocycles. The molecule has 0 atom stereocenters. The largest absolute Gasteiger partial charge is 0.484 e. The second kappa shape index (κ2) is 7.27. The maximum absolute atomic E-state index is 12.0. The van der Waals surface area contributed by atoms with Crippen LogP contribution in [0.1, 0.15) is 5.56 Å². The average molecular weight is 388 g/mol. The third-order valence-electron chi connectivity index (χ3n) is 3.29. The molecule has 3 rings (SSSR count). The molecule has 6 nitrogen and oxygen atoms in total. The van der Waals surface area contributed by atoms with Crippen LogP contribution in [0.5, 0.6) is 5.75 Å². The van der Waals surface area contributed by atoms with Crippen LogP contribution < -0.4 is 10.1 Å². The highest BCUT2D eigenvalue weighted by molar-refractivity contribution is 9.10. The number of halogens is 1. The molecular formula is C17H14BrN3O3. The average Bonchev–Trinajstić information content (AvgIpc) is 3.11. The first kappa shape index (κ1) is 16.2. The maximum Gasteiger partial charge on any atom is 0.262 e. The van der Waals surface area contributed by atoms with E-state index in [1.807, 2.05) is 25.1 Å². The van der Waals surface area contributed by atoms with E-state index in [1.165, 1.54) is 6.39 Å². The molecule has 0 aliphatic heterocycles. The normalized spacial score (nSPS) is 10.4. The van der Waals surface area contributed by atoms with Crippen molar-refractivity contribution in [2.75, 3.05) is 11.9 Å². The van der Waals surface area contributed by atoms with Crippen LogP contribution in [0.3, 0.4) is 0 Å². The van der Waals surface area contributed by atoms with Crippen LogP contribution >= 0.6 is 15.9 Å². The van der Waals surface area contributed by atoms with Gasteiger partial charge in [0.25, 0.3) is 5.91 Å². The molecule has 1 heterocycles. The predicted octanol–water partition coefficient (Wildman–Crippen LogP) is 3.83. The van der Waals surface area contributed by atoms with Crippen molar-refractivity contribution in [3.05, 3.63) is 58.9 Å². The zero-order chi connectivity index (χ0) is 16.9. The van der Waals surface area contributed by atoms with Crippen molar-refractivity contribution in [3.63, 3.8) is 0 Å². The first-order valence-corrected chi connectivity index (χ1v) is 7.96. The minimum atomic E-state index is -0.230. The van der Waals surface area contributed by atoms with Crippen LogP contribution in [0.2, 0.25) is 0 Å². The first-order chi connectivity index (χ1) is 11.6. The highest BCUT2D eigenvalue weighted by Crippen LogP contribution is 2.21. The number of aromatic nitrogens is 2. The Morgan fingerprint density at radius 3 is 2.71 bits per heavy atom. The van der Waals surface area contributed by atoms with Crippen molar-refractivity contribution in [2.24, 2.45) is 0 Å². The summed E-state index contributed by atoms with van der Waals surface area (Å²) in [6.45, 7) is 1.90. The Balaban J connectivity index is 1.55. The number of carbonyl (C=O) groups is 1. The van der Waals surface area contributed by atoms with Crippen molar-refractivity contribution in [1.82, 2.24) is 10.2 Å². The number of nitrogens with zero attached hydrogens (tertiary/aromatic N) is 2. The summed E-state index contributed by atoms with van der Waals surface area (Å²) in [5.41, 5.74) is 2.60. The second-order valence-electron chi connectivity index (χ2n) is 5.07. The number of rotatable bonds is 5. The molecule has 0 bridgehead atoms. The number of hydrogen-bond acceptors (Lipinski definition) is 5. The van der Waals surface area contributed by atoms with Gasteiger partial charge >= 0.3 is 0 Å². The van der Waals surface area contributed by atoms with Gasteiger partial charge in [0.05, 0.1) is 0 Å². The molecule has 0 unspecified atom stereocenters. The van der Waals surface area contributed by atoms with Crippen LogP contribution in [0.15, 0.2) is 57.7 Å². The summed E-state index contributed by atoms with van der Waals surface area (Å²) in [4.78, 5) is 12.0. The first-order valence-electron chi connectivity index (χ1n) is 7.17. The summed E-state index contributed by atoms with van der Waals surface area (Å²) in [5.74, 6) is 0.787. The summed E-state index contributed by atoms with van der Waals surface area (Å²) in [6.07, 6.45) is 1.27. The Labute approximate surface area is 147 Å². The molecule has 0 aliphatic rings. The number of hydrogen-bond donors (Lipinski definition) is 1. The quantitative estimate of drug-likeness (QED) is 0.719. The van der Waals surface area contributed by atoms with Crippen molar-refractivity contribution in [2.45, 2.75) is 6.92 Å². The number of nitrogens with one attached hydrogen (secondary N) is 1. The third kappa shape index (κ3) is 3.99. The highest BCUT2D eigenvalue weighted by atomic mass is 79.9. The number of benzene rings is 2. The van der Waals surface area contributed by atoms with E-state index in [0.29, 0.717) is 17.3 Å². The van der Waals surface area contributed by atoms with E-state index in [4.69, 9.17) is 9.15 Å². The Kier molecular flexibility index (Phi) is 4.90. The Bertz CT molecular complexity index is 833. The van der Waals surface area contributed by atoms with Gasteiger partial charge in [0, 0.05) is 15.7 Å². The van der Waals surface area contributed by atoms with Gasteiger partial charge in [0.1, 0.15) is 5.75 Å². The molecule has 1 N–H and O–H groups in total. The molecule has 122 valence electrons. The number of amides is 1. The zero-order valence-corrected chi connectivity index (χ0v) is 14.4. The van der Waals surface area contributed by atoms with Gasteiger partial charge in [-0.05, 0) is 48.9 Å². The van der Waals surface area contributed by atoms with Crippen LogP contribution in [-0.2, 0) is 4.79 Å². The van der Waals surface area contributed by atoms with Crippen molar-refractivity contribution < 1.29 is 13.9 Å². The molecule has 3 aromatic rings. The lowest BCUT2D eigenvalue weighted by molar-refractivity contribution is -0.118. The number of ether oxygens (including phenoxy) is 1. The minimum absolute atomic E-state index is 0.0780. The third-order valence-corrected chi connectivity index (χ3v) is 4.14. The molecule has 2 aromatic carbocycles. The van der Waals surface area contributed by atoms with E-state index in [2.05, 4.69) is 31.4 Å². The van der Waals surface area contributed by atoms with Gasteiger partial charge in [-0.25, -0.2) is 0 Å². The zero-order valence-electron chi connectivity index (χ0n) is 12.8. The SMILES string of the molecule is Cc1ccc(NC(=O)COc2ccc(-c3nnco3)cc2)cc1Br. The van der Waals surface area contributed by atoms with Crippen molar-refractivity contribution in [3.8, 4) is 17.2 Å². The van der Waals surface area contributed by atoms with Crippen LogP contribution in [0.4, 0.5) is 5.69 Å². The molecule has 0 fully saturated rings. The fourth-order valence-electron chi connectivity index (χ4n) is 2.01. The van der Waals surface area contributed by atoms with Gasteiger partial charge in [0.15, 0.2) is 6.61 Å². The Morgan fingerprint density at radius 2 is 2.04 bits per heavy atom. The van der Waals surface area contributed by atoms with E-state index >= 15 is 0 Å². The van der Waals surface area contributed by atoms with Gasteiger partial charge in [-0.2, -0.15) is 0 Å². The van der Waals surface area contributed by atoms with Gasteiger partial charge in [-0.3, -0.25) is 4.79 Å². The number of anilines is 1. The van der Waals surface area contributed by atoms with Crippen molar-refractivity contribution in [1.29, 1.82) is 0 Å². The molecule has 24 heavy (non-hydrogen) atoms. The molecule has 0 saturated carbocycles. The highest BCUT2D eigenvalue weighted by Gasteiger charge is 2.07. The lowest BCUT2D eigenvalue weighted by Crippen LogP contribution is -2.20. The predicted molar refractivity (Wildman–Crippen MR) is 92.7 cm³/mol. The molecule has 7 heteroatoms. The van der Waals surface area contributed by atoms with Gasteiger partial charge < -0.3 is 14.5 Å². The fraction of sp³-hybridized carbons (Fsp3) is 0.118. The summed E-state index contributed by atoms with van der Waals surface area (Å²) >= 11 is 3.43. The van der Waals surface area contributed by atoms with Crippen LogP contribution in [0.25, 0.3) is 11.5 Å². The molecular weight excluding hydrogens is 374 g/mol. The van der Waals surface area contributed by atoms with Gasteiger partial charge in [-0.1, -0.05) is 22.0 Å². The summed E-state index contributed by atoms with van der Waals surface area (Å²) in [7, 11) is 0. The standard InChI is InChI=1S/C17H14BrN3O3/c1-11-2-5-13(8-15(11)18)20-16(22)9-23-14-6-3-12(4-7-14)17-21-19-10-24-17/h2-8,10H,9H2,1H3,(H,20,22). The molecule has 1 amide bonds. The lowest BCUT2D eigenvalue weighted by atomic mass is 10.2. The number of aryl methyl sites for hydroxylation is 1. The fourth-order valence-corrected chi connectivity index (χ4v) is 2.39. The van der Waals surface area contributed by atoms with Crippen molar-refractivity contribution >= 4 is 27.5 Å². The van der Waals surface area contributed by atoms with Gasteiger partial charge in [-0.15, -0.1) is 10.2 Å². The second-order valence-corrected chi connectivity index (χ2v) is 5.92. The van der Waals surface area contributed by atoms with Gasteiger partial charge in [0.2, 0.25) is 12.3 Å². The van der Waals surface area contributed by atoms with E-state index in [9.17, 15) is 4.79 Å². The van der Waals surface area contributed by atoms with Crippen LogP contribution in [0, 0.1) is 6.92 Å². The smallest absolute Gasteiger partial charge is 0.262 e. The Morgan fingerprint density at radius 1 is 1.25 bits per heavy atom. The van der Waals surface area contributed by atoms with E-state index in [0.717, 1.165) is 15.6 Å². The topological polar surface area (TPSA) is 77.2 Å². The van der Waals surface area contributed by atoms with E-state index in [-0.39, 0.29) is 12.5 Å². The molecule has 1 aromatic heterocycles. The van der Waals surface area contributed by atoms with Crippen LogP contribution in [-0.4, -0.2) is 22.7 Å². The van der Waals surface area contributed by atoms with E-state index in [1.54, 1.807) is 24.3 Å². The lowest BCUT2D eigenvalue weighted by Gasteiger charge is -2.09. The summed E-state index contributed by atoms with van der Waals surface area (Å²) < 4.78 is 11.5. The Hall–Kier alpha value is -2.67. The molecule has 0 radical (unpaired) electrons. The minimum Gasteiger partial charge on any atom is -0.484 e. The molecule has 0 spiro atoms. The molecule has 0 saturated heterocycles. The summed E-state index contributed by atoms with van der Waals surface area (Å²) in [5, 5.41) is 10.2.